The molecule has 0 aromatic carbocycles. The van der Waals surface area contributed by atoms with Crippen molar-refractivity contribution in [1.82, 2.24) is 9.78 Å². The quantitative estimate of drug-likeness (QED) is 0.655. The van der Waals surface area contributed by atoms with Gasteiger partial charge in [-0.05, 0) is 24.8 Å². The molecule has 1 aliphatic carbocycles. The van der Waals surface area contributed by atoms with E-state index < -0.39 is 0 Å². The second-order valence-corrected chi connectivity index (χ2v) is 3.66. The second-order valence-electron chi connectivity index (χ2n) is 3.66. The van der Waals surface area contributed by atoms with Gasteiger partial charge in [0, 0.05) is 18.7 Å². The average molecular weight is 164 g/mol. The van der Waals surface area contributed by atoms with Crippen molar-refractivity contribution < 1.29 is 0 Å². The Kier molecular flexibility index (Phi) is 1.91. The van der Waals surface area contributed by atoms with E-state index in [9.17, 15) is 0 Å². The Morgan fingerprint density at radius 3 is 2.83 bits per heavy atom. The van der Waals surface area contributed by atoms with Crippen molar-refractivity contribution in [3.63, 3.8) is 0 Å². The van der Waals surface area contributed by atoms with Crippen LogP contribution in [0.3, 0.4) is 0 Å². The average Bonchev–Trinajstić information content (AvgIpc) is 2.30. The molecule has 12 heavy (non-hydrogen) atoms. The summed E-state index contributed by atoms with van der Waals surface area (Å²) in [6, 6.07) is 0. The fraction of sp³-hybridized carbons (Fsp3) is 0.700. The molecule has 2 rings (SSSR count). The van der Waals surface area contributed by atoms with Crippen molar-refractivity contribution in [3.8, 4) is 0 Å². The van der Waals surface area contributed by atoms with Crippen LogP contribution in [0.1, 0.15) is 43.4 Å². The van der Waals surface area contributed by atoms with Crippen LogP contribution >= 0.6 is 0 Å². The van der Waals surface area contributed by atoms with E-state index in [2.05, 4.69) is 23.8 Å². The van der Waals surface area contributed by atoms with Crippen molar-refractivity contribution in [2.24, 2.45) is 7.05 Å². The van der Waals surface area contributed by atoms with E-state index in [1.165, 1.54) is 30.5 Å². The highest BCUT2D eigenvalue weighted by Crippen LogP contribution is 2.37. The summed E-state index contributed by atoms with van der Waals surface area (Å²) in [6.07, 6.45) is 7.28. The van der Waals surface area contributed by atoms with E-state index in [0.29, 0.717) is 0 Å². The zero-order valence-electron chi connectivity index (χ0n) is 7.88. The summed E-state index contributed by atoms with van der Waals surface area (Å²) >= 11 is 0. The summed E-state index contributed by atoms with van der Waals surface area (Å²) in [6.45, 7) is 2.21. The van der Waals surface area contributed by atoms with Crippen LogP contribution < -0.4 is 0 Å². The first kappa shape index (κ1) is 7.84. The van der Waals surface area contributed by atoms with Crippen molar-refractivity contribution in [2.75, 3.05) is 0 Å². The summed E-state index contributed by atoms with van der Waals surface area (Å²) in [4.78, 5) is 0. The summed E-state index contributed by atoms with van der Waals surface area (Å²) in [5.74, 6) is 0.812. The van der Waals surface area contributed by atoms with Gasteiger partial charge in [-0.3, -0.25) is 4.68 Å². The van der Waals surface area contributed by atoms with Gasteiger partial charge in [-0.1, -0.05) is 13.3 Å². The van der Waals surface area contributed by atoms with E-state index in [4.69, 9.17) is 0 Å². The number of aromatic nitrogens is 2. The van der Waals surface area contributed by atoms with Crippen LogP contribution in [0.5, 0.6) is 0 Å². The molecule has 1 fully saturated rings. The van der Waals surface area contributed by atoms with Crippen molar-refractivity contribution >= 4 is 0 Å². The molecule has 0 bridgehead atoms. The van der Waals surface area contributed by atoms with Gasteiger partial charge in [-0.25, -0.2) is 0 Å². The Balaban J connectivity index is 2.31. The normalized spacial score (nSPS) is 17.8. The Hall–Kier alpha value is -0.790. The molecule has 0 atom stereocenters. The van der Waals surface area contributed by atoms with Crippen LogP contribution in [0, 0.1) is 0 Å². The highest BCUT2D eigenvalue weighted by Gasteiger charge is 2.24. The number of hydrogen-bond donors (Lipinski definition) is 0. The third kappa shape index (κ3) is 1.06. The minimum atomic E-state index is 0.812. The molecule has 0 aliphatic heterocycles. The first-order valence-corrected chi connectivity index (χ1v) is 4.83. The van der Waals surface area contributed by atoms with E-state index in [1.54, 1.807) is 0 Å². The standard InChI is InChI=1S/C10H16N2/c1-3-8-7-11-12(2)10(8)9-5-4-6-9/h7,9H,3-6H2,1-2H3. The summed E-state index contributed by atoms with van der Waals surface area (Å²) in [5, 5.41) is 4.31. The maximum atomic E-state index is 4.31. The van der Waals surface area contributed by atoms with E-state index in [1.807, 2.05) is 6.20 Å². The molecule has 2 heteroatoms. The van der Waals surface area contributed by atoms with Gasteiger partial charge in [0.2, 0.25) is 0 Å². The zero-order valence-corrected chi connectivity index (χ0v) is 7.88. The van der Waals surface area contributed by atoms with Crippen LogP contribution in [0.4, 0.5) is 0 Å². The highest BCUT2D eigenvalue weighted by molar-refractivity contribution is 5.23. The van der Waals surface area contributed by atoms with E-state index in [-0.39, 0.29) is 0 Å². The number of hydrogen-bond acceptors (Lipinski definition) is 1. The lowest BCUT2D eigenvalue weighted by Gasteiger charge is -2.26. The predicted molar refractivity (Wildman–Crippen MR) is 49.2 cm³/mol. The monoisotopic (exact) mass is 164 g/mol. The van der Waals surface area contributed by atoms with Crippen LogP contribution in [0.15, 0.2) is 6.20 Å². The second kappa shape index (κ2) is 2.92. The zero-order chi connectivity index (χ0) is 8.55. The molecule has 0 amide bonds. The molecule has 0 saturated heterocycles. The molecule has 2 nitrogen and oxygen atoms in total. The molecule has 0 N–H and O–H groups in total. The first-order valence-electron chi connectivity index (χ1n) is 4.83. The smallest absolute Gasteiger partial charge is 0.0524 e. The van der Waals surface area contributed by atoms with Crippen LogP contribution in [0.2, 0.25) is 0 Å². The number of nitrogens with zero attached hydrogens (tertiary/aromatic N) is 2. The summed E-state index contributed by atoms with van der Waals surface area (Å²) in [5.41, 5.74) is 2.94. The third-order valence-electron chi connectivity index (χ3n) is 2.94. The maximum Gasteiger partial charge on any atom is 0.0524 e. The fourth-order valence-electron chi connectivity index (χ4n) is 1.97. The lowest BCUT2D eigenvalue weighted by Crippen LogP contribution is -2.14. The highest BCUT2D eigenvalue weighted by atomic mass is 15.3. The molecule has 0 spiro atoms. The molecule has 1 saturated carbocycles. The van der Waals surface area contributed by atoms with Crippen molar-refractivity contribution in [2.45, 2.75) is 38.5 Å². The Labute approximate surface area is 73.6 Å². The molecule has 66 valence electrons. The predicted octanol–water partition coefficient (Wildman–Crippen LogP) is 2.25. The topological polar surface area (TPSA) is 17.8 Å². The number of rotatable bonds is 2. The van der Waals surface area contributed by atoms with Gasteiger partial charge < -0.3 is 0 Å². The third-order valence-corrected chi connectivity index (χ3v) is 2.94. The summed E-state index contributed by atoms with van der Waals surface area (Å²) < 4.78 is 2.06. The minimum Gasteiger partial charge on any atom is -0.272 e. The Morgan fingerprint density at radius 2 is 2.33 bits per heavy atom. The van der Waals surface area contributed by atoms with E-state index >= 15 is 0 Å². The Morgan fingerprint density at radius 1 is 1.58 bits per heavy atom. The molecule has 1 aromatic heterocycles. The molecule has 0 radical (unpaired) electrons. The van der Waals surface area contributed by atoms with Gasteiger partial charge in [-0.15, -0.1) is 0 Å². The van der Waals surface area contributed by atoms with Crippen molar-refractivity contribution in [3.05, 3.63) is 17.5 Å². The SMILES string of the molecule is CCc1cnn(C)c1C1CCC1. The molecule has 1 aromatic rings. The minimum absolute atomic E-state index is 0.812. The number of aryl methyl sites for hydroxylation is 2. The first-order chi connectivity index (χ1) is 5.83. The molecular weight excluding hydrogens is 148 g/mol. The van der Waals surface area contributed by atoms with Gasteiger partial charge in [0.1, 0.15) is 0 Å². The van der Waals surface area contributed by atoms with Gasteiger partial charge in [0.05, 0.1) is 6.20 Å². The Bertz CT molecular complexity index is 271. The fourth-order valence-corrected chi connectivity index (χ4v) is 1.97. The molecule has 0 unspecified atom stereocenters. The van der Waals surface area contributed by atoms with Gasteiger partial charge in [-0.2, -0.15) is 5.10 Å². The molecule has 1 heterocycles. The lowest BCUT2D eigenvalue weighted by atomic mass is 9.81. The van der Waals surface area contributed by atoms with E-state index in [0.717, 1.165) is 12.3 Å². The van der Waals surface area contributed by atoms with Crippen LogP contribution in [-0.4, -0.2) is 9.78 Å². The van der Waals surface area contributed by atoms with Gasteiger partial charge >= 0.3 is 0 Å². The van der Waals surface area contributed by atoms with Gasteiger partial charge in [0.25, 0.3) is 0 Å². The molecule has 1 aliphatic rings. The van der Waals surface area contributed by atoms with Crippen LogP contribution in [-0.2, 0) is 13.5 Å². The summed E-state index contributed by atoms with van der Waals surface area (Å²) in [7, 11) is 2.06. The van der Waals surface area contributed by atoms with Crippen LogP contribution in [0.25, 0.3) is 0 Å². The largest absolute Gasteiger partial charge is 0.272 e. The van der Waals surface area contributed by atoms with Gasteiger partial charge in [0.15, 0.2) is 0 Å². The molecular formula is C10H16N2. The maximum absolute atomic E-state index is 4.31. The van der Waals surface area contributed by atoms with Crippen molar-refractivity contribution in [1.29, 1.82) is 0 Å². The lowest BCUT2D eigenvalue weighted by molar-refractivity contribution is 0.395.